The lowest BCUT2D eigenvalue weighted by Crippen LogP contribution is -2.54. The van der Waals surface area contributed by atoms with Gasteiger partial charge in [0.15, 0.2) is 0 Å². The number of aryl methyl sites for hydroxylation is 1. The Morgan fingerprint density at radius 1 is 1.12 bits per heavy atom. The molecule has 1 aromatic rings. The van der Waals surface area contributed by atoms with Gasteiger partial charge in [0.1, 0.15) is 12.1 Å². The molecule has 1 aliphatic heterocycles. The minimum Gasteiger partial charge on any atom is -0.422 e. The summed E-state index contributed by atoms with van der Waals surface area (Å²) in [5.74, 6) is -12.6. The molecule has 14 heteroatoms. The molecule has 0 aliphatic carbocycles. The number of carbonyl (C=O) groups excluding carboxylic acids is 4. The second-order valence-corrected chi connectivity index (χ2v) is 10.4. The molecule has 2 rings (SSSR count). The Bertz CT molecular complexity index is 1140. The van der Waals surface area contributed by atoms with Crippen molar-refractivity contribution in [1.82, 2.24) is 20.5 Å². The fraction of sp³-hybridized carbons (Fsp3) is 0.593. The highest BCUT2D eigenvalue weighted by atomic mass is 19.4. The quantitative estimate of drug-likeness (QED) is 0.228. The van der Waals surface area contributed by atoms with Gasteiger partial charge in [0, 0.05) is 32.3 Å². The lowest BCUT2D eigenvalue weighted by molar-refractivity contribution is -0.276. The van der Waals surface area contributed by atoms with E-state index >= 15 is 0 Å². The normalized spacial score (nSPS) is 17.3. The Labute approximate surface area is 234 Å². The molecule has 0 bridgehead atoms. The van der Waals surface area contributed by atoms with Crippen LogP contribution < -0.4 is 10.6 Å². The highest BCUT2D eigenvalue weighted by Crippen LogP contribution is 2.45. The van der Waals surface area contributed by atoms with Crippen LogP contribution >= 0.6 is 0 Å². The van der Waals surface area contributed by atoms with Crippen molar-refractivity contribution in [3.8, 4) is 0 Å². The molecule has 1 fully saturated rings. The van der Waals surface area contributed by atoms with Crippen molar-refractivity contribution < 1.29 is 45.9 Å². The van der Waals surface area contributed by atoms with Gasteiger partial charge in [0.25, 0.3) is 0 Å². The lowest BCUT2D eigenvalue weighted by atomic mass is 10.0. The van der Waals surface area contributed by atoms with Gasteiger partial charge in [-0.15, -0.1) is 0 Å². The molecule has 41 heavy (non-hydrogen) atoms. The number of rotatable bonds is 11. The number of allylic oxidation sites excluding steroid dienone is 2. The first-order valence-corrected chi connectivity index (χ1v) is 13.1. The number of nitrogens with one attached hydrogen (secondary N) is 2. The second kappa shape index (κ2) is 13.9. The zero-order valence-corrected chi connectivity index (χ0v) is 23.5. The molecule has 0 saturated carbocycles. The topological polar surface area (TPSA) is 118 Å². The number of hydrogen-bond donors (Lipinski definition) is 2. The lowest BCUT2D eigenvalue weighted by Gasteiger charge is -2.34. The molecule has 2 atom stereocenters. The molecule has 0 spiro atoms. The van der Waals surface area contributed by atoms with Crippen molar-refractivity contribution in [2.75, 3.05) is 6.54 Å². The van der Waals surface area contributed by atoms with Crippen LogP contribution in [-0.2, 0) is 30.3 Å². The van der Waals surface area contributed by atoms with Crippen LogP contribution in [0.15, 0.2) is 36.0 Å². The molecule has 0 aromatic carbocycles. The fourth-order valence-corrected chi connectivity index (χ4v) is 4.47. The van der Waals surface area contributed by atoms with Gasteiger partial charge in [-0.3, -0.25) is 29.5 Å². The maximum Gasteiger partial charge on any atom is 0.461 e. The van der Waals surface area contributed by atoms with E-state index < -0.39 is 71.2 Å². The monoisotopic (exact) mass is 590 g/mol. The zero-order chi connectivity index (χ0) is 31.1. The summed E-state index contributed by atoms with van der Waals surface area (Å²) in [6.45, 7) is 6.51. The first-order valence-electron chi connectivity index (χ1n) is 13.1. The molecule has 1 saturated heterocycles. The number of carbonyl (C=O) groups is 4. The number of imide groups is 1. The van der Waals surface area contributed by atoms with Crippen LogP contribution in [-0.4, -0.2) is 64.3 Å². The summed E-state index contributed by atoms with van der Waals surface area (Å²) in [7, 11) is 0. The predicted molar refractivity (Wildman–Crippen MR) is 137 cm³/mol. The molecular weight excluding hydrogens is 555 g/mol. The SMILES string of the molecule is CC(=O)O/C(=C(\C(C)C)N1CCC[C@H]1C(=O)NC(=O)[C@@H](NC(=O)CCc1cccnc1)C(C)C)C(F)(F)C(F)(F)F. The number of pyridine rings is 1. The van der Waals surface area contributed by atoms with Gasteiger partial charge in [-0.1, -0.05) is 33.8 Å². The number of ether oxygens (including phenoxy) is 1. The summed E-state index contributed by atoms with van der Waals surface area (Å²) in [5.41, 5.74) is 0.139. The molecular formula is C27H35F5N4O5. The first-order chi connectivity index (χ1) is 19.0. The minimum absolute atomic E-state index is 0.0318. The van der Waals surface area contributed by atoms with Crippen molar-refractivity contribution >= 4 is 23.7 Å². The number of likely N-dealkylation sites (tertiary alicyclic amines) is 1. The molecule has 1 aliphatic rings. The number of alkyl halides is 5. The van der Waals surface area contributed by atoms with Gasteiger partial charge in [-0.25, -0.2) is 0 Å². The Hall–Kier alpha value is -3.58. The van der Waals surface area contributed by atoms with Crippen molar-refractivity contribution in [3.05, 3.63) is 41.5 Å². The van der Waals surface area contributed by atoms with Gasteiger partial charge in [-0.2, -0.15) is 22.0 Å². The predicted octanol–water partition coefficient (Wildman–Crippen LogP) is 3.89. The molecule has 0 unspecified atom stereocenters. The van der Waals surface area contributed by atoms with Crippen LogP contribution in [0, 0.1) is 11.8 Å². The van der Waals surface area contributed by atoms with E-state index in [0.29, 0.717) is 13.3 Å². The molecule has 1 aromatic heterocycles. The minimum atomic E-state index is -6.08. The van der Waals surface area contributed by atoms with Crippen LogP contribution in [0.1, 0.15) is 59.4 Å². The van der Waals surface area contributed by atoms with Crippen molar-refractivity contribution in [3.63, 3.8) is 0 Å². The zero-order valence-electron chi connectivity index (χ0n) is 23.5. The maximum absolute atomic E-state index is 14.6. The smallest absolute Gasteiger partial charge is 0.422 e. The standard InChI is InChI=1S/C27H35F5N4O5/c1-15(2)21(34-20(38)11-10-18-8-6-12-33-14-18)25(40)35-24(39)19-9-7-13-36(19)22(16(3)4)23(41-17(5)37)26(28,29)27(30,31)32/h6,8,12,14-16,19,21H,7,9-11,13H2,1-5H3,(H,34,38)(H,35,39,40)/b23-22+/t19-,21-/m0/s1. The number of esters is 1. The molecule has 2 N–H and O–H groups in total. The Kier molecular flexibility index (Phi) is 11.4. The average Bonchev–Trinajstić information content (AvgIpc) is 3.34. The van der Waals surface area contributed by atoms with Crippen LogP contribution in [0.2, 0.25) is 0 Å². The Balaban J connectivity index is 2.27. The third kappa shape index (κ3) is 8.70. The summed E-state index contributed by atoms with van der Waals surface area (Å²) in [6.07, 6.45) is -2.23. The second-order valence-electron chi connectivity index (χ2n) is 10.4. The van der Waals surface area contributed by atoms with Crippen LogP contribution in [0.3, 0.4) is 0 Å². The van der Waals surface area contributed by atoms with Crippen LogP contribution in [0.25, 0.3) is 0 Å². The highest BCUT2D eigenvalue weighted by Gasteiger charge is 2.63. The van der Waals surface area contributed by atoms with Gasteiger partial charge in [0.05, 0.1) is 5.70 Å². The first kappa shape index (κ1) is 33.6. The summed E-state index contributed by atoms with van der Waals surface area (Å²) >= 11 is 0. The molecule has 9 nitrogen and oxygen atoms in total. The van der Waals surface area contributed by atoms with Crippen molar-refractivity contribution in [2.45, 2.75) is 84.5 Å². The van der Waals surface area contributed by atoms with E-state index in [-0.39, 0.29) is 25.8 Å². The number of aromatic nitrogens is 1. The number of halogens is 5. The van der Waals surface area contributed by atoms with E-state index in [1.54, 1.807) is 38.4 Å². The fourth-order valence-electron chi connectivity index (χ4n) is 4.47. The molecule has 2 heterocycles. The van der Waals surface area contributed by atoms with Gasteiger partial charge in [-0.05, 0) is 42.7 Å². The number of amides is 3. The van der Waals surface area contributed by atoms with Crippen molar-refractivity contribution in [1.29, 1.82) is 0 Å². The molecule has 228 valence electrons. The average molecular weight is 591 g/mol. The third-order valence-electron chi connectivity index (χ3n) is 6.41. The summed E-state index contributed by atoms with van der Waals surface area (Å²) < 4.78 is 73.6. The Morgan fingerprint density at radius 2 is 1.78 bits per heavy atom. The van der Waals surface area contributed by atoms with E-state index in [1.165, 1.54) is 13.8 Å². The largest absolute Gasteiger partial charge is 0.461 e. The summed E-state index contributed by atoms with van der Waals surface area (Å²) in [4.78, 5) is 55.2. The third-order valence-corrected chi connectivity index (χ3v) is 6.41. The number of nitrogens with zero attached hydrogens (tertiary/aromatic N) is 2. The molecule has 3 amide bonds. The van der Waals surface area contributed by atoms with E-state index in [4.69, 9.17) is 0 Å². The maximum atomic E-state index is 14.6. The Morgan fingerprint density at radius 3 is 2.29 bits per heavy atom. The van der Waals surface area contributed by atoms with Gasteiger partial charge >= 0.3 is 18.1 Å². The van der Waals surface area contributed by atoms with Crippen molar-refractivity contribution in [2.24, 2.45) is 11.8 Å². The highest BCUT2D eigenvalue weighted by molar-refractivity contribution is 6.01. The van der Waals surface area contributed by atoms with E-state index in [2.05, 4.69) is 20.4 Å². The van der Waals surface area contributed by atoms with E-state index in [1.807, 2.05) is 0 Å². The van der Waals surface area contributed by atoms with Crippen LogP contribution in [0.4, 0.5) is 22.0 Å². The van der Waals surface area contributed by atoms with Gasteiger partial charge < -0.3 is 15.0 Å². The van der Waals surface area contributed by atoms with Gasteiger partial charge in [0.2, 0.25) is 23.5 Å². The summed E-state index contributed by atoms with van der Waals surface area (Å²) in [5, 5.41) is 4.75. The molecule has 0 radical (unpaired) electrons. The summed E-state index contributed by atoms with van der Waals surface area (Å²) in [6, 6.07) is 1.08. The van der Waals surface area contributed by atoms with E-state index in [9.17, 15) is 41.1 Å². The number of hydrogen-bond acceptors (Lipinski definition) is 7. The van der Waals surface area contributed by atoms with Crippen LogP contribution in [0.5, 0.6) is 0 Å². The van der Waals surface area contributed by atoms with E-state index in [0.717, 1.165) is 10.5 Å².